The van der Waals surface area contributed by atoms with Crippen LogP contribution in [0.25, 0.3) is 0 Å². The molecule has 0 aromatic carbocycles. The molecular weight excluding hydrogens is 436 g/mol. The molecule has 3 heterocycles. The molecule has 0 aliphatic rings. The summed E-state index contributed by atoms with van der Waals surface area (Å²) >= 11 is 13.8. The van der Waals surface area contributed by atoms with Gasteiger partial charge < -0.3 is 29.8 Å². The average molecular weight is 448 g/mol. The molecule has 3 rings (SSSR count). The Labute approximate surface area is 172 Å². The van der Waals surface area contributed by atoms with Gasteiger partial charge in [-0.25, -0.2) is 0 Å². The Morgan fingerprint density at radius 1 is 0.520 bits per heavy atom. The second kappa shape index (κ2) is 12.5. The zero-order valence-electron chi connectivity index (χ0n) is 12.8. The molecule has 6 nitrogen and oxygen atoms in total. The van der Waals surface area contributed by atoms with Crippen molar-refractivity contribution in [3.63, 3.8) is 0 Å². The third-order valence-electron chi connectivity index (χ3n) is 2.37. The van der Waals surface area contributed by atoms with Crippen LogP contribution in [0.1, 0.15) is 0 Å². The van der Waals surface area contributed by atoms with Crippen molar-refractivity contribution in [2.75, 3.05) is 0 Å². The van der Waals surface area contributed by atoms with Crippen molar-refractivity contribution in [1.82, 2.24) is 14.2 Å². The fraction of sp³-hybridized carbons (Fsp3) is 0. The molecule has 25 heavy (non-hydrogen) atoms. The van der Waals surface area contributed by atoms with E-state index in [4.69, 9.17) is 0 Å². The molecule has 0 saturated heterocycles. The molecule has 0 aliphatic heterocycles. The summed E-state index contributed by atoms with van der Waals surface area (Å²) in [4.78, 5) is 0. The standard InChI is InChI=1S/3C5H4NOS.Ga/c3*7-6-4-2-1-3-5(6)8;/h3*1-4H;/q3*-1;+3. The van der Waals surface area contributed by atoms with E-state index in [0.29, 0.717) is 28.1 Å². The molecule has 3 aromatic heterocycles. The van der Waals surface area contributed by atoms with Gasteiger partial charge in [-0.05, 0) is 55.0 Å². The first-order valence-corrected chi connectivity index (χ1v) is 7.70. The van der Waals surface area contributed by atoms with Crippen LogP contribution in [-0.2, 0) is 0 Å². The van der Waals surface area contributed by atoms with E-state index in [1.807, 2.05) is 0 Å². The summed E-state index contributed by atoms with van der Waals surface area (Å²) in [6.45, 7) is 0. The van der Waals surface area contributed by atoms with Crippen LogP contribution in [0, 0.1) is 29.5 Å². The predicted octanol–water partition coefficient (Wildman–Crippen LogP) is 4.31. The molecule has 0 N–H and O–H groups in total. The zero-order chi connectivity index (χ0) is 17.9. The summed E-state index contributed by atoms with van der Waals surface area (Å²) in [6.07, 6.45) is 4.13. The number of nitrogens with zero attached hydrogens (tertiary/aromatic N) is 3. The Kier molecular flexibility index (Phi) is 11.6. The normalized spacial score (nSPS) is 8.64. The number of pyridine rings is 3. The van der Waals surface area contributed by atoms with Gasteiger partial charge in [-0.15, -0.1) is 0 Å². The Hall–Kier alpha value is -1.85. The van der Waals surface area contributed by atoms with E-state index >= 15 is 0 Å². The zero-order valence-corrected chi connectivity index (χ0v) is 17.7. The fourth-order valence-electron chi connectivity index (χ4n) is 1.24. The maximum atomic E-state index is 10.4. The molecule has 0 amide bonds. The van der Waals surface area contributed by atoms with Crippen molar-refractivity contribution in [3.05, 3.63) is 103 Å². The van der Waals surface area contributed by atoms with Gasteiger partial charge in [0.15, 0.2) is 0 Å². The molecule has 0 saturated carbocycles. The number of hydrogen-bond donors (Lipinski definition) is 0. The minimum absolute atomic E-state index is 0. The first-order chi connectivity index (χ1) is 11.4. The maximum Gasteiger partial charge on any atom is 3.00 e. The van der Waals surface area contributed by atoms with Crippen molar-refractivity contribution < 1.29 is 0 Å². The molecule has 0 unspecified atom stereocenters. The second-order valence-electron chi connectivity index (χ2n) is 4.09. The van der Waals surface area contributed by atoms with Crippen molar-refractivity contribution in [2.45, 2.75) is 0 Å². The fourth-order valence-corrected chi connectivity index (χ4v) is 1.66. The molecule has 0 aliphatic carbocycles. The molecule has 0 fully saturated rings. The monoisotopic (exact) mass is 447 g/mol. The Morgan fingerprint density at radius 3 is 0.880 bits per heavy atom. The van der Waals surface area contributed by atoms with Crippen LogP contribution in [0.2, 0.25) is 0 Å². The SMILES string of the molecule is [Ga+3].[O-]n1ccccc1=S.[O-]n1ccccc1=S.[O-]n1ccccc1=S. The van der Waals surface area contributed by atoms with Crippen molar-refractivity contribution in [3.8, 4) is 0 Å². The third kappa shape index (κ3) is 9.27. The summed E-state index contributed by atoms with van der Waals surface area (Å²) in [6, 6.07) is 14.9. The van der Waals surface area contributed by atoms with Crippen LogP contribution >= 0.6 is 36.7 Å². The molecule has 10 heteroatoms. The Balaban J connectivity index is 0.000000339. The summed E-state index contributed by atoms with van der Waals surface area (Å²) in [5.41, 5.74) is 0. The molecule has 126 valence electrons. The summed E-state index contributed by atoms with van der Waals surface area (Å²) in [5, 5.41) is 31.3. The van der Waals surface area contributed by atoms with Crippen molar-refractivity contribution >= 4 is 56.4 Å². The summed E-state index contributed by atoms with van der Waals surface area (Å²) in [7, 11) is 0. The van der Waals surface area contributed by atoms with Crippen LogP contribution in [-0.4, -0.2) is 34.0 Å². The number of aromatic nitrogens is 3. The molecule has 0 spiro atoms. The van der Waals surface area contributed by atoms with Gasteiger partial charge in [0, 0.05) is 0 Å². The first-order valence-electron chi connectivity index (χ1n) is 6.47. The van der Waals surface area contributed by atoms with Crippen LogP contribution < -0.4 is 0 Å². The Bertz CT molecular complexity index is 818. The van der Waals surface area contributed by atoms with E-state index in [0.717, 1.165) is 0 Å². The predicted molar refractivity (Wildman–Crippen MR) is 108 cm³/mol. The molecular formula is C15H12GaN3O3S3. The van der Waals surface area contributed by atoms with Crippen LogP contribution in [0.15, 0.2) is 73.2 Å². The van der Waals surface area contributed by atoms with E-state index < -0.39 is 0 Å². The molecule has 0 radical (unpaired) electrons. The average Bonchev–Trinajstić information content (AvgIpc) is 2.57. The van der Waals surface area contributed by atoms with E-state index in [9.17, 15) is 15.6 Å². The number of rotatable bonds is 0. The largest absolute Gasteiger partial charge is 3.00 e. The quantitative estimate of drug-likeness (QED) is 0.377. The smallest absolute Gasteiger partial charge is 0.805 e. The minimum atomic E-state index is 0. The van der Waals surface area contributed by atoms with Gasteiger partial charge in [0.05, 0.1) is 0 Å². The van der Waals surface area contributed by atoms with Crippen molar-refractivity contribution in [1.29, 1.82) is 0 Å². The Morgan fingerprint density at radius 2 is 0.760 bits per heavy atom. The van der Waals surface area contributed by atoms with Crippen LogP contribution in [0.4, 0.5) is 0 Å². The number of hydrogen-bond acceptors (Lipinski definition) is 6. The minimum Gasteiger partial charge on any atom is -0.805 e. The van der Waals surface area contributed by atoms with Gasteiger partial charge in [-0.1, -0.05) is 54.9 Å². The maximum absolute atomic E-state index is 10.4. The van der Waals surface area contributed by atoms with Gasteiger partial charge in [0.1, 0.15) is 13.9 Å². The molecule has 0 atom stereocenters. The second-order valence-corrected chi connectivity index (χ2v) is 5.35. The van der Waals surface area contributed by atoms with E-state index in [1.165, 1.54) is 18.6 Å². The van der Waals surface area contributed by atoms with E-state index in [-0.39, 0.29) is 19.8 Å². The van der Waals surface area contributed by atoms with E-state index in [1.54, 1.807) is 54.6 Å². The van der Waals surface area contributed by atoms with Gasteiger partial charge >= 0.3 is 19.8 Å². The summed E-state index contributed by atoms with van der Waals surface area (Å²) < 4.78 is 2.88. The molecule has 0 bridgehead atoms. The van der Waals surface area contributed by atoms with Crippen LogP contribution in [0.5, 0.6) is 0 Å². The molecule has 3 aromatic rings. The van der Waals surface area contributed by atoms with Gasteiger partial charge in [-0.3, -0.25) is 0 Å². The topological polar surface area (TPSA) is 84.0 Å². The van der Waals surface area contributed by atoms with Crippen LogP contribution in [0.3, 0.4) is 0 Å². The summed E-state index contributed by atoms with van der Waals surface area (Å²) in [5.74, 6) is 0. The van der Waals surface area contributed by atoms with Gasteiger partial charge in [-0.2, -0.15) is 0 Å². The third-order valence-corrected chi connectivity index (χ3v) is 3.31. The van der Waals surface area contributed by atoms with Gasteiger partial charge in [0.25, 0.3) is 0 Å². The van der Waals surface area contributed by atoms with Crippen molar-refractivity contribution in [2.24, 2.45) is 0 Å². The van der Waals surface area contributed by atoms with Gasteiger partial charge in [0.2, 0.25) is 0 Å². The van der Waals surface area contributed by atoms with E-state index in [2.05, 4.69) is 36.7 Å². The first kappa shape index (κ1) is 23.1.